The van der Waals surface area contributed by atoms with E-state index in [9.17, 15) is 4.39 Å². The number of benzene rings is 1. The van der Waals surface area contributed by atoms with Crippen molar-refractivity contribution in [3.63, 3.8) is 0 Å². The summed E-state index contributed by atoms with van der Waals surface area (Å²) in [5.41, 5.74) is 1.71. The summed E-state index contributed by atoms with van der Waals surface area (Å²) in [6.07, 6.45) is 2.11. The Balaban J connectivity index is 2.28. The molecule has 4 nitrogen and oxygen atoms in total. The monoisotopic (exact) mass is 248 g/mol. The van der Waals surface area contributed by atoms with Crippen LogP contribution in [0.25, 0.3) is 0 Å². The van der Waals surface area contributed by atoms with Crippen LogP contribution in [0.1, 0.15) is 23.0 Å². The van der Waals surface area contributed by atoms with Gasteiger partial charge in [-0.3, -0.25) is 4.68 Å². The maximum absolute atomic E-state index is 13.9. The van der Waals surface area contributed by atoms with Crippen LogP contribution in [0.5, 0.6) is 0 Å². The molecule has 5 heteroatoms. The van der Waals surface area contributed by atoms with Gasteiger partial charge in [0.15, 0.2) is 0 Å². The summed E-state index contributed by atoms with van der Waals surface area (Å²) >= 11 is 0. The van der Waals surface area contributed by atoms with E-state index in [1.165, 1.54) is 12.4 Å². The van der Waals surface area contributed by atoms with Crippen molar-refractivity contribution in [1.82, 2.24) is 20.1 Å². The van der Waals surface area contributed by atoms with E-state index in [0.717, 1.165) is 11.4 Å². The van der Waals surface area contributed by atoms with E-state index in [0.29, 0.717) is 12.0 Å². The molecule has 96 valence electrons. The number of hydrogen-bond donors (Lipinski definition) is 1. The molecule has 2 aromatic rings. The molecule has 1 unspecified atom stereocenters. The van der Waals surface area contributed by atoms with Gasteiger partial charge in [0, 0.05) is 25.1 Å². The number of halogens is 1. The first-order valence-electron chi connectivity index (χ1n) is 5.88. The maximum Gasteiger partial charge on any atom is 0.138 e. The molecule has 0 bridgehead atoms. The van der Waals surface area contributed by atoms with Crippen molar-refractivity contribution in [2.45, 2.75) is 19.4 Å². The minimum Gasteiger partial charge on any atom is -0.313 e. The molecule has 1 aromatic heterocycles. The minimum atomic E-state index is -0.192. The lowest BCUT2D eigenvalue weighted by Crippen LogP contribution is -2.22. The van der Waals surface area contributed by atoms with E-state index in [2.05, 4.69) is 15.4 Å². The molecule has 1 aromatic carbocycles. The summed E-state index contributed by atoms with van der Waals surface area (Å²) in [6.45, 7) is 1.96. The summed E-state index contributed by atoms with van der Waals surface area (Å²) in [7, 11) is 3.66. The first-order chi connectivity index (χ1) is 8.61. The standard InChI is InChI=1S/C13H17FN4/c1-9-4-5-11(14)10(6-9)12(15-2)7-13-16-8-17-18(13)3/h4-6,8,12,15H,7H2,1-3H3. The van der Waals surface area contributed by atoms with Crippen LogP contribution in [0.15, 0.2) is 24.5 Å². The highest BCUT2D eigenvalue weighted by Gasteiger charge is 2.17. The van der Waals surface area contributed by atoms with Crippen molar-refractivity contribution in [2.75, 3.05) is 7.05 Å². The summed E-state index contributed by atoms with van der Waals surface area (Å²) in [5.74, 6) is 0.636. The fraction of sp³-hybridized carbons (Fsp3) is 0.385. The van der Waals surface area contributed by atoms with Crippen LogP contribution in [-0.4, -0.2) is 21.8 Å². The molecule has 0 fully saturated rings. The molecule has 0 saturated carbocycles. The second-order valence-electron chi connectivity index (χ2n) is 4.37. The minimum absolute atomic E-state index is 0.104. The molecule has 1 heterocycles. The topological polar surface area (TPSA) is 42.7 Å². The Morgan fingerprint density at radius 2 is 2.22 bits per heavy atom. The zero-order valence-corrected chi connectivity index (χ0v) is 10.8. The van der Waals surface area contributed by atoms with E-state index in [1.54, 1.807) is 10.7 Å². The van der Waals surface area contributed by atoms with Crippen molar-refractivity contribution in [3.05, 3.63) is 47.3 Å². The predicted molar refractivity (Wildman–Crippen MR) is 67.6 cm³/mol. The van der Waals surface area contributed by atoms with Crippen molar-refractivity contribution in [1.29, 1.82) is 0 Å². The Kier molecular flexibility index (Phi) is 3.72. The van der Waals surface area contributed by atoms with Gasteiger partial charge in [0.1, 0.15) is 18.0 Å². The van der Waals surface area contributed by atoms with E-state index in [4.69, 9.17) is 0 Å². The van der Waals surface area contributed by atoms with Gasteiger partial charge in [-0.05, 0) is 20.0 Å². The molecule has 18 heavy (non-hydrogen) atoms. The third-order valence-corrected chi connectivity index (χ3v) is 3.07. The van der Waals surface area contributed by atoms with Crippen molar-refractivity contribution < 1.29 is 4.39 Å². The Bertz CT molecular complexity index is 536. The number of aryl methyl sites for hydroxylation is 2. The van der Waals surface area contributed by atoms with Crippen LogP contribution in [0, 0.1) is 12.7 Å². The highest BCUT2D eigenvalue weighted by Crippen LogP contribution is 2.21. The summed E-state index contributed by atoms with van der Waals surface area (Å²) < 4.78 is 15.6. The number of rotatable bonds is 4. The van der Waals surface area contributed by atoms with Crippen molar-refractivity contribution >= 4 is 0 Å². The van der Waals surface area contributed by atoms with Gasteiger partial charge < -0.3 is 5.32 Å². The molecule has 2 rings (SSSR count). The van der Waals surface area contributed by atoms with Crippen LogP contribution in [-0.2, 0) is 13.5 Å². The smallest absolute Gasteiger partial charge is 0.138 e. The normalized spacial score (nSPS) is 12.7. The molecule has 0 amide bonds. The first kappa shape index (κ1) is 12.7. The second-order valence-corrected chi connectivity index (χ2v) is 4.37. The van der Waals surface area contributed by atoms with Gasteiger partial charge in [0.05, 0.1) is 0 Å². The van der Waals surface area contributed by atoms with Gasteiger partial charge in [-0.1, -0.05) is 17.7 Å². The number of nitrogens with one attached hydrogen (secondary N) is 1. The summed E-state index contributed by atoms with van der Waals surface area (Å²) in [6, 6.07) is 5.04. The largest absolute Gasteiger partial charge is 0.313 e. The van der Waals surface area contributed by atoms with Crippen LogP contribution >= 0.6 is 0 Å². The second kappa shape index (κ2) is 5.27. The zero-order valence-electron chi connectivity index (χ0n) is 10.8. The fourth-order valence-electron chi connectivity index (χ4n) is 1.99. The first-order valence-corrected chi connectivity index (χ1v) is 5.88. The Morgan fingerprint density at radius 1 is 1.44 bits per heavy atom. The molecule has 0 saturated heterocycles. The maximum atomic E-state index is 13.9. The number of aromatic nitrogens is 3. The third-order valence-electron chi connectivity index (χ3n) is 3.07. The molecule has 0 spiro atoms. The SMILES string of the molecule is CNC(Cc1ncnn1C)c1cc(C)ccc1F. The van der Waals surface area contributed by atoms with E-state index >= 15 is 0 Å². The fourth-order valence-corrected chi connectivity index (χ4v) is 1.99. The number of likely N-dealkylation sites (N-methyl/N-ethyl adjacent to an activating group) is 1. The molecule has 1 atom stereocenters. The lowest BCUT2D eigenvalue weighted by Gasteiger charge is -2.17. The summed E-state index contributed by atoms with van der Waals surface area (Å²) in [5, 5.41) is 7.15. The van der Waals surface area contributed by atoms with Gasteiger partial charge in [-0.2, -0.15) is 5.10 Å². The van der Waals surface area contributed by atoms with Crippen LogP contribution in [0.3, 0.4) is 0 Å². The lowest BCUT2D eigenvalue weighted by atomic mass is 10.0. The van der Waals surface area contributed by atoms with Gasteiger partial charge >= 0.3 is 0 Å². The molecular formula is C13H17FN4. The highest BCUT2D eigenvalue weighted by molar-refractivity contribution is 5.27. The quantitative estimate of drug-likeness (QED) is 0.896. The summed E-state index contributed by atoms with van der Waals surface area (Å²) in [4.78, 5) is 4.17. The van der Waals surface area contributed by atoms with Crippen LogP contribution < -0.4 is 5.32 Å². The van der Waals surface area contributed by atoms with Gasteiger partial charge in [-0.15, -0.1) is 0 Å². The van der Waals surface area contributed by atoms with Crippen molar-refractivity contribution in [3.8, 4) is 0 Å². The molecule has 0 aliphatic carbocycles. The Labute approximate surface area is 106 Å². The Hall–Kier alpha value is -1.75. The number of nitrogens with zero attached hydrogens (tertiary/aromatic N) is 3. The van der Waals surface area contributed by atoms with Gasteiger partial charge in [-0.25, -0.2) is 9.37 Å². The average molecular weight is 248 g/mol. The van der Waals surface area contributed by atoms with Crippen molar-refractivity contribution in [2.24, 2.45) is 7.05 Å². The van der Waals surface area contributed by atoms with E-state index in [1.807, 2.05) is 27.1 Å². The van der Waals surface area contributed by atoms with Crippen LogP contribution in [0.2, 0.25) is 0 Å². The average Bonchev–Trinajstić information content (AvgIpc) is 2.75. The third kappa shape index (κ3) is 2.56. The molecule has 0 aliphatic rings. The number of hydrogen-bond acceptors (Lipinski definition) is 3. The van der Waals surface area contributed by atoms with Gasteiger partial charge in [0.2, 0.25) is 0 Å². The van der Waals surface area contributed by atoms with E-state index in [-0.39, 0.29) is 11.9 Å². The molecular weight excluding hydrogens is 231 g/mol. The molecule has 0 radical (unpaired) electrons. The Morgan fingerprint density at radius 3 is 2.83 bits per heavy atom. The van der Waals surface area contributed by atoms with E-state index < -0.39 is 0 Å². The zero-order chi connectivity index (χ0) is 13.1. The molecule has 0 aliphatic heterocycles. The lowest BCUT2D eigenvalue weighted by molar-refractivity contribution is 0.514. The predicted octanol–water partition coefficient (Wildman–Crippen LogP) is 1.77. The highest BCUT2D eigenvalue weighted by atomic mass is 19.1. The van der Waals surface area contributed by atoms with Gasteiger partial charge in [0.25, 0.3) is 0 Å². The molecule has 1 N–H and O–H groups in total. The van der Waals surface area contributed by atoms with Crippen LogP contribution in [0.4, 0.5) is 4.39 Å².